The van der Waals surface area contributed by atoms with Crippen molar-refractivity contribution in [2.45, 2.75) is 18.6 Å². The largest absolute Gasteiger partial charge is 0.469 e. The fourth-order valence-electron chi connectivity index (χ4n) is 2.58. The quantitative estimate of drug-likeness (QED) is 0.637. The van der Waals surface area contributed by atoms with Crippen LogP contribution in [0.25, 0.3) is 0 Å². The molecule has 0 unspecified atom stereocenters. The van der Waals surface area contributed by atoms with E-state index in [0.29, 0.717) is 29.1 Å². The summed E-state index contributed by atoms with van der Waals surface area (Å²) in [6.07, 6.45) is 5.18. The number of nitrogens with one attached hydrogen (secondary N) is 2. The lowest BCUT2D eigenvalue weighted by atomic mass is 10.2. The van der Waals surface area contributed by atoms with E-state index in [1.165, 1.54) is 6.26 Å². The average molecular weight is 384 g/mol. The van der Waals surface area contributed by atoms with Crippen molar-refractivity contribution in [2.24, 2.45) is 7.05 Å². The molecule has 0 atom stereocenters. The average Bonchev–Trinajstić information content (AvgIpc) is 3.25. The molecule has 3 rings (SSSR count). The van der Waals surface area contributed by atoms with Crippen LogP contribution in [0.2, 0.25) is 0 Å². The molecule has 2 aromatic heterocycles. The number of aromatic nitrogens is 2. The Balaban J connectivity index is 1.59. The zero-order chi connectivity index (χ0) is 19.4. The Kier molecular flexibility index (Phi) is 5.66. The molecule has 2 N–H and O–H groups in total. The third kappa shape index (κ3) is 4.22. The van der Waals surface area contributed by atoms with Crippen LogP contribution < -0.4 is 10.6 Å². The SMILES string of the molecule is CSc1ncc(CNC(=O)c2ccc(NC(=O)c3ccoc3C)cc2)n1C. The van der Waals surface area contributed by atoms with Crippen molar-refractivity contribution in [3.8, 4) is 0 Å². The van der Waals surface area contributed by atoms with Gasteiger partial charge in [-0.15, -0.1) is 0 Å². The lowest BCUT2D eigenvalue weighted by Gasteiger charge is -2.08. The van der Waals surface area contributed by atoms with E-state index in [9.17, 15) is 9.59 Å². The van der Waals surface area contributed by atoms with Crippen molar-refractivity contribution in [2.75, 3.05) is 11.6 Å². The summed E-state index contributed by atoms with van der Waals surface area (Å²) in [4.78, 5) is 28.8. The molecule has 27 heavy (non-hydrogen) atoms. The molecular weight excluding hydrogens is 364 g/mol. The number of carbonyl (C=O) groups is 2. The fourth-order valence-corrected chi connectivity index (χ4v) is 3.13. The van der Waals surface area contributed by atoms with Crippen LogP contribution in [-0.2, 0) is 13.6 Å². The summed E-state index contributed by atoms with van der Waals surface area (Å²) >= 11 is 1.55. The Hall–Kier alpha value is -3.00. The predicted molar refractivity (Wildman–Crippen MR) is 104 cm³/mol. The monoisotopic (exact) mass is 384 g/mol. The van der Waals surface area contributed by atoms with Gasteiger partial charge in [-0.1, -0.05) is 11.8 Å². The number of anilines is 1. The van der Waals surface area contributed by atoms with Crippen LogP contribution in [0.1, 0.15) is 32.2 Å². The third-order valence-electron chi connectivity index (χ3n) is 4.16. The summed E-state index contributed by atoms with van der Waals surface area (Å²) in [6, 6.07) is 8.34. The number of thioether (sulfide) groups is 1. The Morgan fingerprint density at radius 1 is 1.19 bits per heavy atom. The Morgan fingerprint density at radius 3 is 2.52 bits per heavy atom. The number of nitrogens with zero attached hydrogens (tertiary/aromatic N) is 2. The van der Waals surface area contributed by atoms with Gasteiger partial charge in [0.2, 0.25) is 0 Å². The van der Waals surface area contributed by atoms with E-state index in [1.807, 2.05) is 17.9 Å². The number of hydrogen-bond donors (Lipinski definition) is 2. The summed E-state index contributed by atoms with van der Waals surface area (Å²) in [5.74, 6) is 0.119. The van der Waals surface area contributed by atoms with Gasteiger partial charge < -0.3 is 19.6 Å². The molecule has 0 aliphatic rings. The molecule has 3 aromatic rings. The number of carbonyl (C=O) groups excluding carboxylic acids is 2. The van der Waals surface area contributed by atoms with Gasteiger partial charge in [0.15, 0.2) is 5.16 Å². The number of furan rings is 1. The molecule has 0 radical (unpaired) electrons. The van der Waals surface area contributed by atoms with Crippen molar-refractivity contribution in [3.05, 3.63) is 65.4 Å². The number of imidazole rings is 1. The minimum Gasteiger partial charge on any atom is -0.469 e. The highest BCUT2D eigenvalue weighted by Crippen LogP contribution is 2.15. The number of rotatable bonds is 6. The van der Waals surface area contributed by atoms with Gasteiger partial charge in [0.25, 0.3) is 11.8 Å². The Bertz CT molecular complexity index is 960. The number of hydrogen-bond acceptors (Lipinski definition) is 5. The number of amides is 2. The summed E-state index contributed by atoms with van der Waals surface area (Å²) in [5.41, 5.74) is 2.53. The van der Waals surface area contributed by atoms with Crippen LogP contribution in [0.3, 0.4) is 0 Å². The molecule has 0 fully saturated rings. The molecule has 0 saturated heterocycles. The van der Waals surface area contributed by atoms with Crippen LogP contribution in [0.5, 0.6) is 0 Å². The van der Waals surface area contributed by atoms with E-state index in [4.69, 9.17) is 4.42 Å². The smallest absolute Gasteiger partial charge is 0.259 e. The molecule has 0 bridgehead atoms. The van der Waals surface area contributed by atoms with Crippen molar-refractivity contribution in [1.82, 2.24) is 14.9 Å². The molecule has 8 heteroatoms. The van der Waals surface area contributed by atoms with Crippen LogP contribution in [0.4, 0.5) is 5.69 Å². The van der Waals surface area contributed by atoms with E-state index in [0.717, 1.165) is 10.9 Å². The maximum atomic E-state index is 12.3. The summed E-state index contributed by atoms with van der Waals surface area (Å²) in [5, 5.41) is 6.55. The lowest BCUT2D eigenvalue weighted by molar-refractivity contribution is 0.0949. The second-order valence-electron chi connectivity index (χ2n) is 5.90. The van der Waals surface area contributed by atoms with E-state index in [1.54, 1.807) is 55.2 Å². The van der Waals surface area contributed by atoms with E-state index < -0.39 is 0 Å². The standard InChI is InChI=1S/C19H20N4O3S/c1-12-16(8-9-26-12)18(25)22-14-6-4-13(5-7-14)17(24)20-10-15-11-21-19(27-3)23(15)2/h4-9,11H,10H2,1-3H3,(H,20,24)(H,22,25). The highest BCUT2D eigenvalue weighted by atomic mass is 32.2. The van der Waals surface area contributed by atoms with Gasteiger partial charge in [0.05, 0.1) is 30.3 Å². The van der Waals surface area contributed by atoms with E-state index in [2.05, 4.69) is 15.6 Å². The van der Waals surface area contributed by atoms with Crippen molar-refractivity contribution >= 4 is 29.3 Å². The summed E-state index contributed by atoms with van der Waals surface area (Å²) < 4.78 is 7.08. The lowest BCUT2D eigenvalue weighted by Crippen LogP contribution is -2.24. The first-order valence-corrected chi connectivity index (χ1v) is 9.50. The zero-order valence-corrected chi connectivity index (χ0v) is 16.1. The van der Waals surface area contributed by atoms with Crippen molar-refractivity contribution < 1.29 is 14.0 Å². The highest BCUT2D eigenvalue weighted by molar-refractivity contribution is 7.98. The maximum Gasteiger partial charge on any atom is 0.259 e. The molecular formula is C19H20N4O3S. The molecule has 140 valence electrons. The normalized spacial score (nSPS) is 10.6. The van der Waals surface area contributed by atoms with E-state index >= 15 is 0 Å². The molecule has 0 aliphatic carbocycles. The Morgan fingerprint density at radius 2 is 1.93 bits per heavy atom. The highest BCUT2D eigenvalue weighted by Gasteiger charge is 2.12. The predicted octanol–water partition coefficient (Wildman–Crippen LogP) is 3.23. The van der Waals surface area contributed by atoms with E-state index in [-0.39, 0.29) is 11.8 Å². The van der Waals surface area contributed by atoms with Crippen LogP contribution in [-0.4, -0.2) is 27.6 Å². The summed E-state index contributed by atoms with van der Waals surface area (Å²) in [6.45, 7) is 2.12. The minimum absolute atomic E-state index is 0.189. The van der Waals surface area contributed by atoms with Crippen molar-refractivity contribution in [3.63, 3.8) is 0 Å². The topological polar surface area (TPSA) is 89.2 Å². The van der Waals surface area contributed by atoms with Gasteiger partial charge in [-0.05, 0) is 43.5 Å². The molecule has 2 heterocycles. The first kappa shape index (κ1) is 18.8. The molecule has 1 aromatic carbocycles. The summed E-state index contributed by atoms with van der Waals surface area (Å²) in [7, 11) is 1.92. The molecule has 0 saturated carbocycles. The van der Waals surface area contributed by atoms with Gasteiger partial charge in [-0.3, -0.25) is 9.59 Å². The second kappa shape index (κ2) is 8.13. The molecule has 2 amide bonds. The molecule has 0 aliphatic heterocycles. The molecule has 7 nitrogen and oxygen atoms in total. The fraction of sp³-hybridized carbons (Fsp3) is 0.211. The van der Waals surface area contributed by atoms with Crippen molar-refractivity contribution in [1.29, 1.82) is 0 Å². The van der Waals surface area contributed by atoms with Crippen LogP contribution in [0.15, 0.2) is 52.4 Å². The minimum atomic E-state index is -0.251. The second-order valence-corrected chi connectivity index (χ2v) is 6.67. The number of benzene rings is 1. The Labute approximate surface area is 161 Å². The first-order chi connectivity index (χ1) is 13.0. The van der Waals surface area contributed by atoms with Gasteiger partial charge in [-0.2, -0.15) is 0 Å². The third-order valence-corrected chi connectivity index (χ3v) is 4.91. The van der Waals surface area contributed by atoms with Gasteiger partial charge in [-0.25, -0.2) is 4.98 Å². The molecule has 0 spiro atoms. The van der Waals surface area contributed by atoms with Gasteiger partial charge >= 0.3 is 0 Å². The van der Waals surface area contributed by atoms with Crippen LogP contribution >= 0.6 is 11.8 Å². The van der Waals surface area contributed by atoms with Gasteiger partial charge in [0, 0.05) is 18.3 Å². The maximum absolute atomic E-state index is 12.3. The number of aryl methyl sites for hydroxylation is 1. The van der Waals surface area contributed by atoms with Gasteiger partial charge in [0.1, 0.15) is 5.76 Å². The van der Waals surface area contributed by atoms with Crippen LogP contribution in [0, 0.1) is 6.92 Å². The zero-order valence-electron chi connectivity index (χ0n) is 15.3. The first-order valence-electron chi connectivity index (χ1n) is 8.28.